The Hall–Kier alpha value is -2.95. The van der Waals surface area contributed by atoms with Crippen molar-refractivity contribution < 1.29 is 9.59 Å². The van der Waals surface area contributed by atoms with Crippen molar-refractivity contribution >= 4 is 17.9 Å². The number of carbonyl (C=O) groups excluding carboxylic acids is 2. The first-order chi connectivity index (χ1) is 12.6. The van der Waals surface area contributed by atoms with Gasteiger partial charge in [-0.1, -0.05) is 30.3 Å². The number of benzene rings is 1. The summed E-state index contributed by atoms with van der Waals surface area (Å²) in [4.78, 5) is 30.0. The number of aromatic nitrogens is 1. The van der Waals surface area contributed by atoms with Crippen molar-refractivity contribution in [1.29, 1.82) is 0 Å². The summed E-state index contributed by atoms with van der Waals surface area (Å²) < 4.78 is 0. The smallest absolute Gasteiger partial charge is 0.247 e. The van der Waals surface area contributed by atoms with Crippen LogP contribution < -0.4 is 5.32 Å². The minimum absolute atomic E-state index is 0.0246. The summed E-state index contributed by atoms with van der Waals surface area (Å²) in [6, 6.07) is 13.8. The molecule has 5 heteroatoms. The maximum absolute atomic E-state index is 12.7. The van der Waals surface area contributed by atoms with E-state index < -0.39 is 0 Å². The van der Waals surface area contributed by atoms with E-state index in [1.807, 2.05) is 53.4 Å². The summed E-state index contributed by atoms with van der Waals surface area (Å²) in [5.74, 6) is -0.0579. The Bertz CT molecular complexity index is 802. The highest BCUT2D eigenvalue weighted by Gasteiger charge is 2.28. The lowest BCUT2D eigenvalue weighted by Crippen LogP contribution is -2.29. The number of hydrogen-bond acceptors (Lipinski definition) is 3. The van der Waals surface area contributed by atoms with E-state index in [1.165, 1.54) is 6.92 Å². The zero-order chi connectivity index (χ0) is 18.4. The molecule has 1 aromatic carbocycles. The third-order valence-electron chi connectivity index (χ3n) is 4.50. The molecule has 0 spiro atoms. The number of carbonyl (C=O) groups is 2. The molecule has 0 bridgehead atoms. The molecule has 26 heavy (non-hydrogen) atoms. The molecule has 2 aromatic rings. The third-order valence-corrected chi connectivity index (χ3v) is 4.50. The van der Waals surface area contributed by atoms with E-state index in [0.29, 0.717) is 6.54 Å². The second-order valence-corrected chi connectivity index (χ2v) is 6.42. The van der Waals surface area contributed by atoms with Gasteiger partial charge in [0.2, 0.25) is 11.8 Å². The molecule has 1 aliphatic rings. The number of pyridine rings is 1. The van der Waals surface area contributed by atoms with Gasteiger partial charge in [0.05, 0.1) is 18.3 Å². The van der Waals surface area contributed by atoms with Crippen LogP contribution >= 0.6 is 0 Å². The van der Waals surface area contributed by atoms with Crippen LogP contribution in [0.4, 0.5) is 0 Å². The average Bonchev–Trinajstić information content (AvgIpc) is 3.15. The summed E-state index contributed by atoms with van der Waals surface area (Å²) in [5, 5.41) is 2.76. The SMILES string of the molecule is CC(=O)NCc1cc([C@H]2CCCN2C(=O)/C=C/c2ccccc2)ccn1. The minimum atomic E-state index is -0.0825. The van der Waals surface area contributed by atoms with Gasteiger partial charge < -0.3 is 10.2 Å². The summed E-state index contributed by atoms with van der Waals surface area (Å²) in [7, 11) is 0. The van der Waals surface area contributed by atoms with Crippen molar-refractivity contribution in [1.82, 2.24) is 15.2 Å². The van der Waals surface area contributed by atoms with Gasteiger partial charge in [-0.25, -0.2) is 0 Å². The van der Waals surface area contributed by atoms with Crippen LogP contribution in [0.25, 0.3) is 6.08 Å². The lowest BCUT2D eigenvalue weighted by atomic mass is 10.0. The monoisotopic (exact) mass is 349 g/mol. The van der Waals surface area contributed by atoms with E-state index in [4.69, 9.17) is 0 Å². The van der Waals surface area contributed by atoms with Crippen molar-refractivity contribution in [2.24, 2.45) is 0 Å². The van der Waals surface area contributed by atoms with E-state index in [9.17, 15) is 9.59 Å². The van der Waals surface area contributed by atoms with Crippen LogP contribution in [0.3, 0.4) is 0 Å². The highest BCUT2D eigenvalue weighted by atomic mass is 16.2. The fourth-order valence-electron chi connectivity index (χ4n) is 3.22. The molecule has 1 aromatic heterocycles. The molecule has 1 fully saturated rings. The van der Waals surface area contributed by atoms with E-state index in [0.717, 1.165) is 36.2 Å². The first-order valence-electron chi connectivity index (χ1n) is 8.86. The minimum Gasteiger partial charge on any atom is -0.351 e. The molecule has 0 aliphatic carbocycles. The molecule has 2 amide bonds. The van der Waals surface area contributed by atoms with Crippen molar-refractivity contribution in [2.45, 2.75) is 32.4 Å². The van der Waals surface area contributed by atoms with Crippen LogP contribution in [0.1, 0.15) is 42.6 Å². The second-order valence-electron chi connectivity index (χ2n) is 6.42. The van der Waals surface area contributed by atoms with Crippen LogP contribution in [0.5, 0.6) is 0 Å². The first kappa shape index (κ1) is 17.9. The maximum Gasteiger partial charge on any atom is 0.247 e. The van der Waals surface area contributed by atoms with Gasteiger partial charge in [0.1, 0.15) is 0 Å². The highest BCUT2D eigenvalue weighted by Crippen LogP contribution is 2.32. The second kappa shape index (κ2) is 8.43. The average molecular weight is 349 g/mol. The van der Waals surface area contributed by atoms with Gasteiger partial charge >= 0.3 is 0 Å². The van der Waals surface area contributed by atoms with E-state index in [2.05, 4.69) is 10.3 Å². The molecule has 0 unspecified atom stereocenters. The van der Waals surface area contributed by atoms with Crippen molar-refractivity contribution in [3.63, 3.8) is 0 Å². The summed E-state index contributed by atoms with van der Waals surface area (Å²) in [6.07, 6.45) is 7.17. The van der Waals surface area contributed by atoms with Crippen LogP contribution in [-0.2, 0) is 16.1 Å². The Morgan fingerprint density at radius 3 is 2.85 bits per heavy atom. The van der Waals surface area contributed by atoms with Crippen LogP contribution in [-0.4, -0.2) is 28.2 Å². The van der Waals surface area contributed by atoms with E-state index in [-0.39, 0.29) is 17.9 Å². The van der Waals surface area contributed by atoms with Crippen molar-refractivity contribution in [3.8, 4) is 0 Å². The lowest BCUT2D eigenvalue weighted by Gasteiger charge is -2.24. The number of hydrogen-bond donors (Lipinski definition) is 1. The molecule has 134 valence electrons. The van der Waals surface area contributed by atoms with Crippen LogP contribution in [0, 0.1) is 0 Å². The third kappa shape index (κ3) is 4.57. The number of nitrogens with zero attached hydrogens (tertiary/aromatic N) is 2. The molecule has 1 atom stereocenters. The molecule has 2 heterocycles. The van der Waals surface area contributed by atoms with Gasteiger partial charge in [0.15, 0.2) is 0 Å². The lowest BCUT2D eigenvalue weighted by molar-refractivity contribution is -0.126. The number of nitrogens with one attached hydrogen (secondary N) is 1. The maximum atomic E-state index is 12.7. The largest absolute Gasteiger partial charge is 0.351 e. The molecular formula is C21H23N3O2. The Balaban J connectivity index is 1.71. The van der Waals surface area contributed by atoms with E-state index in [1.54, 1.807) is 12.3 Å². The standard InChI is InChI=1S/C21H23N3O2/c1-16(25)23-15-19-14-18(11-12-22-19)20-8-5-13-24(20)21(26)10-9-17-6-3-2-4-7-17/h2-4,6-7,9-12,14,20H,5,8,13,15H2,1H3,(H,23,25)/b10-9+/t20-/m1/s1. The molecule has 3 rings (SSSR count). The van der Waals surface area contributed by atoms with Gasteiger partial charge in [0, 0.05) is 25.7 Å². The topological polar surface area (TPSA) is 62.3 Å². The number of rotatable bonds is 5. The summed E-state index contributed by atoms with van der Waals surface area (Å²) in [6.45, 7) is 2.64. The Labute approximate surface area is 153 Å². The van der Waals surface area contributed by atoms with Crippen LogP contribution in [0.2, 0.25) is 0 Å². The quantitative estimate of drug-likeness (QED) is 0.844. The first-order valence-corrected chi connectivity index (χ1v) is 8.86. The number of amides is 2. The summed E-state index contributed by atoms with van der Waals surface area (Å²) in [5.41, 5.74) is 2.88. The van der Waals surface area contributed by atoms with E-state index >= 15 is 0 Å². The zero-order valence-corrected chi connectivity index (χ0v) is 14.9. The van der Waals surface area contributed by atoms with Crippen molar-refractivity contribution in [3.05, 3.63) is 71.6 Å². The fourth-order valence-corrected chi connectivity index (χ4v) is 3.22. The van der Waals surface area contributed by atoms with Crippen LogP contribution in [0.15, 0.2) is 54.7 Å². The van der Waals surface area contributed by atoms with Gasteiger partial charge in [-0.05, 0) is 42.2 Å². The Kier molecular flexibility index (Phi) is 5.79. The highest BCUT2D eigenvalue weighted by molar-refractivity contribution is 5.92. The Morgan fingerprint density at radius 2 is 2.08 bits per heavy atom. The molecule has 1 aliphatic heterocycles. The van der Waals surface area contributed by atoms with Gasteiger partial charge in [-0.15, -0.1) is 0 Å². The van der Waals surface area contributed by atoms with Gasteiger partial charge in [0.25, 0.3) is 0 Å². The molecule has 1 N–H and O–H groups in total. The fraction of sp³-hybridized carbons (Fsp3) is 0.286. The zero-order valence-electron chi connectivity index (χ0n) is 14.9. The van der Waals surface area contributed by atoms with Gasteiger partial charge in [-0.3, -0.25) is 14.6 Å². The predicted molar refractivity (Wildman–Crippen MR) is 101 cm³/mol. The molecule has 0 saturated carbocycles. The molecular weight excluding hydrogens is 326 g/mol. The van der Waals surface area contributed by atoms with Crippen molar-refractivity contribution in [2.75, 3.05) is 6.54 Å². The normalized spacial score (nSPS) is 16.8. The molecule has 1 saturated heterocycles. The Morgan fingerprint density at radius 1 is 1.27 bits per heavy atom. The summed E-state index contributed by atoms with van der Waals surface area (Å²) >= 11 is 0. The number of likely N-dealkylation sites (tertiary alicyclic amines) is 1. The van der Waals surface area contributed by atoms with Gasteiger partial charge in [-0.2, -0.15) is 0 Å². The predicted octanol–water partition coefficient (Wildman–Crippen LogP) is 3.09. The molecule has 5 nitrogen and oxygen atoms in total. The molecule has 0 radical (unpaired) electrons.